The Bertz CT molecular complexity index is 2200. The third kappa shape index (κ3) is 7.21. The first-order valence-electron chi connectivity index (χ1n) is 17.7. The number of carbonyl (C=O) groups is 4. The van der Waals surface area contributed by atoms with E-state index in [1.807, 2.05) is 60.1 Å². The quantitative estimate of drug-likeness (QED) is 0.122. The normalized spacial score (nSPS) is 17.4. The van der Waals surface area contributed by atoms with E-state index in [2.05, 4.69) is 17.2 Å². The van der Waals surface area contributed by atoms with Gasteiger partial charge in [-0.25, -0.2) is 14.8 Å². The molecule has 1 aromatic heterocycles. The van der Waals surface area contributed by atoms with Gasteiger partial charge in [0.25, 0.3) is 5.91 Å². The first-order chi connectivity index (χ1) is 26.1. The van der Waals surface area contributed by atoms with Crippen molar-refractivity contribution in [2.45, 2.75) is 31.7 Å². The second-order valence-electron chi connectivity index (χ2n) is 13.6. The molecule has 4 aromatic carbocycles. The molecule has 13 nitrogen and oxygen atoms in total. The molecule has 2 saturated heterocycles. The molecule has 0 spiro atoms. The number of nitrogen functional groups attached to an aromatic ring is 1. The zero-order valence-corrected chi connectivity index (χ0v) is 29.9. The van der Waals surface area contributed by atoms with Gasteiger partial charge >= 0.3 is 6.03 Å². The van der Waals surface area contributed by atoms with Crippen molar-refractivity contribution in [1.29, 1.82) is 0 Å². The summed E-state index contributed by atoms with van der Waals surface area (Å²) in [6, 6.07) is 27.3. The van der Waals surface area contributed by atoms with Gasteiger partial charge < -0.3 is 35.8 Å². The number of benzene rings is 4. The third-order valence-electron chi connectivity index (χ3n) is 9.89. The molecule has 7 rings (SSSR count). The first kappa shape index (κ1) is 35.8. The molecule has 0 radical (unpaired) electrons. The lowest BCUT2D eigenvalue weighted by molar-refractivity contribution is -0.189. The maximum atomic E-state index is 14.6. The van der Waals surface area contributed by atoms with Gasteiger partial charge in [-0.15, -0.1) is 6.58 Å². The summed E-state index contributed by atoms with van der Waals surface area (Å²) in [6.45, 7) is 4.43. The molecule has 13 heteroatoms. The number of nitrogens with zero attached hydrogens (tertiary/aromatic N) is 5. The zero-order chi connectivity index (χ0) is 37.9. The smallest absolute Gasteiger partial charge is 0.334 e. The van der Waals surface area contributed by atoms with E-state index in [9.17, 15) is 24.3 Å². The summed E-state index contributed by atoms with van der Waals surface area (Å²) in [5, 5.41) is 19.8. The number of hydrogen-bond donors (Lipinski definition) is 4. The van der Waals surface area contributed by atoms with Crippen molar-refractivity contribution in [3.05, 3.63) is 138 Å². The second kappa shape index (κ2) is 15.2. The van der Waals surface area contributed by atoms with E-state index in [0.717, 1.165) is 22.2 Å². The number of piperazine rings is 1. The van der Waals surface area contributed by atoms with Crippen molar-refractivity contribution in [3.63, 3.8) is 0 Å². The molecule has 3 heterocycles. The standard InChI is InChI=1S/C41H42N8O5/c1-3-20-47-26-37(51)48-35(21-27-12-18-32(50)19-13-27)40(53)46(25-36(48)49(47)41(54)43-22-28-8-5-4-6-9-28)23-29-10-7-11-33-34(24-45(2)38(29)33)39(52)44-31-16-14-30(42)15-17-31/h3-19,24,35-36,50H,1,20-23,25-26,42H2,2H3,(H,43,54)(H,44,52)/t35-,36?/m0/s1. The van der Waals surface area contributed by atoms with Crippen LogP contribution >= 0.6 is 0 Å². The number of aromatic hydroxyl groups is 1. The van der Waals surface area contributed by atoms with Crippen LogP contribution in [0.5, 0.6) is 5.75 Å². The number of hydrogen-bond acceptors (Lipinski definition) is 7. The fourth-order valence-corrected chi connectivity index (χ4v) is 7.39. The number of hydrazine groups is 1. The van der Waals surface area contributed by atoms with Crippen LogP contribution in [0.1, 0.15) is 27.0 Å². The van der Waals surface area contributed by atoms with Gasteiger partial charge in [0.05, 0.1) is 24.2 Å². The second-order valence-corrected chi connectivity index (χ2v) is 13.6. The van der Waals surface area contributed by atoms with Gasteiger partial charge in [-0.3, -0.25) is 14.4 Å². The Hall–Kier alpha value is -6.60. The minimum atomic E-state index is -0.940. The summed E-state index contributed by atoms with van der Waals surface area (Å²) in [7, 11) is 1.85. The fourth-order valence-electron chi connectivity index (χ4n) is 7.39. The van der Waals surface area contributed by atoms with E-state index in [4.69, 9.17) is 5.73 Å². The number of rotatable bonds is 10. The Morgan fingerprint density at radius 1 is 0.944 bits per heavy atom. The summed E-state index contributed by atoms with van der Waals surface area (Å²) in [4.78, 5) is 59.5. The number of aryl methyl sites for hydroxylation is 1. The molecule has 276 valence electrons. The van der Waals surface area contributed by atoms with E-state index < -0.39 is 18.2 Å². The number of carbonyl (C=O) groups excluding carboxylic acids is 4. The lowest BCUT2D eigenvalue weighted by atomic mass is 9.98. The Balaban J connectivity index is 1.23. The van der Waals surface area contributed by atoms with Gasteiger partial charge in [0, 0.05) is 56.1 Å². The predicted molar refractivity (Wildman–Crippen MR) is 206 cm³/mol. The highest BCUT2D eigenvalue weighted by molar-refractivity contribution is 6.13. The number of fused-ring (bicyclic) bond motifs is 2. The third-order valence-corrected chi connectivity index (χ3v) is 9.89. The van der Waals surface area contributed by atoms with Crippen LogP contribution in [0.25, 0.3) is 10.9 Å². The monoisotopic (exact) mass is 726 g/mol. The van der Waals surface area contributed by atoms with Crippen molar-refractivity contribution < 1.29 is 24.3 Å². The Kier molecular flexibility index (Phi) is 10.1. The molecular weight excluding hydrogens is 685 g/mol. The van der Waals surface area contributed by atoms with Crippen LogP contribution in [-0.4, -0.2) is 85.1 Å². The molecule has 1 unspecified atom stereocenters. The number of nitrogens with one attached hydrogen (secondary N) is 2. The van der Waals surface area contributed by atoms with Crippen molar-refractivity contribution in [1.82, 2.24) is 29.7 Å². The molecule has 54 heavy (non-hydrogen) atoms. The number of phenolic OH excluding ortho intramolecular Hbond substituents is 1. The van der Waals surface area contributed by atoms with E-state index in [1.165, 1.54) is 9.91 Å². The van der Waals surface area contributed by atoms with Crippen molar-refractivity contribution in [3.8, 4) is 5.75 Å². The van der Waals surface area contributed by atoms with Crippen LogP contribution in [0.2, 0.25) is 0 Å². The lowest BCUT2D eigenvalue weighted by Gasteiger charge is -2.55. The maximum Gasteiger partial charge on any atom is 0.334 e. The number of nitrogens with two attached hydrogens (primary N) is 1. The highest BCUT2D eigenvalue weighted by atomic mass is 16.3. The molecule has 5 amide bonds. The molecule has 2 atom stereocenters. The molecule has 5 aromatic rings. The zero-order valence-electron chi connectivity index (χ0n) is 29.9. The van der Waals surface area contributed by atoms with Crippen molar-refractivity contribution in [2.24, 2.45) is 7.05 Å². The van der Waals surface area contributed by atoms with Gasteiger partial charge in [0.2, 0.25) is 11.8 Å². The van der Waals surface area contributed by atoms with Crippen molar-refractivity contribution in [2.75, 3.05) is 30.7 Å². The molecule has 5 N–H and O–H groups in total. The van der Waals surface area contributed by atoms with E-state index >= 15 is 0 Å². The number of para-hydroxylation sites is 1. The fraction of sp³-hybridized carbons (Fsp3) is 0.220. The maximum absolute atomic E-state index is 14.6. The van der Waals surface area contributed by atoms with Gasteiger partial charge in [-0.05, 0) is 53.1 Å². The van der Waals surface area contributed by atoms with Gasteiger partial charge in [-0.1, -0.05) is 66.7 Å². The van der Waals surface area contributed by atoms with Crippen LogP contribution in [0, 0.1) is 0 Å². The molecule has 2 aliphatic heterocycles. The minimum absolute atomic E-state index is 0.0361. The van der Waals surface area contributed by atoms with Gasteiger partial charge in [0.15, 0.2) is 0 Å². The average Bonchev–Trinajstić information content (AvgIpc) is 3.51. The van der Waals surface area contributed by atoms with E-state index in [-0.39, 0.29) is 62.6 Å². The average molecular weight is 727 g/mol. The van der Waals surface area contributed by atoms with Crippen molar-refractivity contribution >= 4 is 46.0 Å². The SMILES string of the molecule is C=CCN1CC(=O)N2C(CN(Cc3cccc4c(C(=O)Nc5ccc(N)cc5)cn(C)c34)C(=O)[C@@H]2Cc2ccc(O)cc2)N1C(=O)NCc1ccccc1. The van der Waals surface area contributed by atoms with Crippen LogP contribution in [-0.2, 0) is 36.1 Å². The van der Waals surface area contributed by atoms with E-state index in [0.29, 0.717) is 22.3 Å². The first-order valence-corrected chi connectivity index (χ1v) is 17.7. The van der Waals surface area contributed by atoms with Crippen LogP contribution in [0.4, 0.5) is 16.2 Å². The van der Waals surface area contributed by atoms with E-state index in [1.54, 1.807) is 70.7 Å². The number of amides is 5. The molecule has 2 fully saturated rings. The van der Waals surface area contributed by atoms with Crippen LogP contribution in [0.3, 0.4) is 0 Å². The van der Waals surface area contributed by atoms with Gasteiger partial charge in [0.1, 0.15) is 18.0 Å². The van der Waals surface area contributed by atoms with Crippen LogP contribution < -0.4 is 16.4 Å². The largest absolute Gasteiger partial charge is 0.508 e. The Morgan fingerprint density at radius 3 is 2.41 bits per heavy atom. The molecule has 0 aliphatic carbocycles. The highest BCUT2D eigenvalue weighted by Crippen LogP contribution is 2.32. The summed E-state index contributed by atoms with van der Waals surface area (Å²) >= 11 is 0. The summed E-state index contributed by atoms with van der Waals surface area (Å²) in [5.74, 6) is -0.767. The minimum Gasteiger partial charge on any atom is -0.508 e. The molecular formula is C41H42N8O5. The summed E-state index contributed by atoms with van der Waals surface area (Å²) in [5.41, 5.74) is 10.7. The highest BCUT2D eigenvalue weighted by Gasteiger charge is 2.51. The Morgan fingerprint density at radius 2 is 1.69 bits per heavy atom. The number of anilines is 2. The van der Waals surface area contributed by atoms with Gasteiger partial charge in [-0.2, -0.15) is 0 Å². The van der Waals surface area contributed by atoms with Crippen LogP contribution in [0.15, 0.2) is 116 Å². The number of urea groups is 1. The number of phenols is 1. The lowest BCUT2D eigenvalue weighted by Crippen LogP contribution is -2.76. The summed E-state index contributed by atoms with van der Waals surface area (Å²) < 4.78 is 1.87. The molecule has 0 saturated carbocycles. The topological polar surface area (TPSA) is 156 Å². The molecule has 0 bridgehead atoms. The predicted octanol–water partition coefficient (Wildman–Crippen LogP) is 4.46. The molecule has 2 aliphatic rings. The Labute approximate surface area is 312 Å². The number of aromatic nitrogens is 1. The summed E-state index contributed by atoms with van der Waals surface area (Å²) in [6.07, 6.45) is 2.73.